The second kappa shape index (κ2) is 11.2. The first kappa shape index (κ1) is 26.4. The molecule has 1 atom stereocenters. The third-order valence-corrected chi connectivity index (χ3v) is 7.28. The minimum atomic E-state index is -0.581. The molecule has 3 aliphatic rings. The van der Waals surface area contributed by atoms with Gasteiger partial charge >= 0.3 is 12.1 Å². The average Bonchev–Trinajstić information content (AvgIpc) is 2.83. The lowest BCUT2D eigenvalue weighted by Crippen LogP contribution is -2.56. The van der Waals surface area contributed by atoms with Gasteiger partial charge in [-0.05, 0) is 73.5 Å². The fourth-order valence-corrected chi connectivity index (χ4v) is 5.35. The van der Waals surface area contributed by atoms with Crippen LogP contribution in [0, 0.1) is 11.3 Å². The van der Waals surface area contributed by atoms with E-state index in [1.165, 1.54) is 0 Å². The zero-order chi connectivity index (χ0) is 25.9. The summed E-state index contributed by atoms with van der Waals surface area (Å²) in [5.74, 6) is 0.880. The molecule has 36 heavy (non-hydrogen) atoms. The van der Waals surface area contributed by atoms with Crippen molar-refractivity contribution in [2.75, 3.05) is 45.2 Å². The summed E-state index contributed by atoms with van der Waals surface area (Å²) < 4.78 is 12.0. The lowest BCUT2D eigenvalue weighted by molar-refractivity contribution is 0.0144. The number of amides is 1. The minimum absolute atomic E-state index is 0.124. The molecule has 1 aromatic heterocycles. The minimum Gasteiger partial charge on any atom is -0.460 e. The van der Waals surface area contributed by atoms with Crippen molar-refractivity contribution < 1.29 is 14.3 Å². The highest BCUT2D eigenvalue weighted by atomic mass is 16.6. The second-order valence-electron chi connectivity index (χ2n) is 11.3. The van der Waals surface area contributed by atoms with Gasteiger partial charge in [0.15, 0.2) is 0 Å². The van der Waals surface area contributed by atoms with Crippen molar-refractivity contribution in [3.63, 3.8) is 0 Å². The molecule has 2 fully saturated rings. The molecule has 1 saturated carbocycles. The van der Waals surface area contributed by atoms with Crippen LogP contribution in [0.5, 0.6) is 6.01 Å². The van der Waals surface area contributed by atoms with Crippen molar-refractivity contribution >= 4 is 11.9 Å². The Balaban J connectivity index is 1.52. The van der Waals surface area contributed by atoms with Crippen LogP contribution < -0.4 is 15.0 Å². The van der Waals surface area contributed by atoms with Gasteiger partial charge in [0.05, 0.1) is 24.2 Å². The Morgan fingerprint density at radius 1 is 1.19 bits per heavy atom. The highest BCUT2D eigenvalue weighted by molar-refractivity contribution is 5.69. The van der Waals surface area contributed by atoms with Crippen LogP contribution in [0.4, 0.5) is 10.6 Å². The van der Waals surface area contributed by atoms with Gasteiger partial charge in [0, 0.05) is 37.8 Å². The molecule has 0 spiro atoms. The number of fused-ring (bicyclic) bond motifs is 1. The van der Waals surface area contributed by atoms with E-state index < -0.39 is 5.60 Å². The van der Waals surface area contributed by atoms with E-state index in [2.05, 4.69) is 35.3 Å². The summed E-state index contributed by atoms with van der Waals surface area (Å²) in [7, 11) is 4.28. The summed E-state index contributed by atoms with van der Waals surface area (Å²) >= 11 is 0. The molecule has 1 saturated heterocycles. The summed E-state index contributed by atoms with van der Waals surface area (Å²) in [6.45, 7) is 8.75. The zero-order valence-electron chi connectivity index (χ0n) is 22.4. The lowest BCUT2D eigenvalue weighted by Gasteiger charge is -2.42. The van der Waals surface area contributed by atoms with Crippen molar-refractivity contribution in [3.8, 4) is 12.1 Å². The van der Waals surface area contributed by atoms with Crippen LogP contribution >= 0.6 is 0 Å². The fraction of sp³-hybridized carbons (Fsp3) is 0.769. The Hall–Kier alpha value is -2.64. The van der Waals surface area contributed by atoms with Gasteiger partial charge in [-0.1, -0.05) is 0 Å². The van der Waals surface area contributed by atoms with Crippen LogP contribution in [0.2, 0.25) is 0 Å². The molecule has 3 heterocycles. The molecular formula is C26H41N7O3. The number of piperazine rings is 1. The molecular weight excluding hydrogens is 458 g/mol. The number of carbonyl (C=O) groups excluding carboxylic acids is 1. The summed E-state index contributed by atoms with van der Waals surface area (Å²) in [6, 6.07) is 3.02. The Morgan fingerprint density at radius 2 is 1.94 bits per heavy atom. The van der Waals surface area contributed by atoms with Crippen molar-refractivity contribution in [2.24, 2.45) is 0 Å². The smallest absolute Gasteiger partial charge is 0.410 e. The molecule has 0 bridgehead atoms. The molecule has 1 N–H and O–H groups in total. The van der Waals surface area contributed by atoms with E-state index >= 15 is 0 Å². The van der Waals surface area contributed by atoms with Crippen LogP contribution in [0.3, 0.4) is 0 Å². The molecule has 1 aliphatic carbocycles. The number of nitrogens with one attached hydrogen (secondary N) is 1. The van der Waals surface area contributed by atoms with Crippen LogP contribution in [0.1, 0.15) is 64.1 Å². The molecule has 1 unspecified atom stereocenters. The molecule has 10 nitrogen and oxygen atoms in total. The van der Waals surface area contributed by atoms with Gasteiger partial charge in [-0.15, -0.1) is 0 Å². The van der Waals surface area contributed by atoms with E-state index in [0.29, 0.717) is 38.2 Å². The lowest BCUT2D eigenvalue weighted by atomic mass is 9.92. The first-order valence-electron chi connectivity index (χ1n) is 13.2. The second-order valence-corrected chi connectivity index (χ2v) is 11.3. The number of hydrogen-bond acceptors (Lipinski definition) is 9. The SMILES string of the molecule is CN(C)[C@H]1CC[C@H](Oc2nc3c(c(N4CCN(C(=O)OC(C)(C)C)C(CC#N)C4)n2)CCNC3)CC1. The first-order valence-corrected chi connectivity index (χ1v) is 13.2. The van der Waals surface area contributed by atoms with Gasteiger partial charge in [0.1, 0.15) is 17.5 Å². The highest BCUT2D eigenvalue weighted by Gasteiger charge is 2.35. The van der Waals surface area contributed by atoms with Crippen LogP contribution in [0.25, 0.3) is 0 Å². The molecule has 2 aliphatic heterocycles. The number of anilines is 1. The van der Waals surface area contributed by atoms with Gasteiger partial charge in [-0.2, -0.15) is 15.2 Å². The highest BCUT2D eigenvalue weighted by Crippen LogP contribution is 2.31. The first-order chi connectivity index (χ1) is 17.1. The molecule has 1 amide bonds. The quantitative estimate of drug-likeness (QED) is 0.654. The Bertz CT molecular complexity index is 964. The van der Waals surface area contributed by atoms with Gasteiger partial charge < -0.3 is 29.5 Å². The van der Waals surface area contributed by atoms with E-state index in [-0.39, 0.29) is 24.7 Å². The molecule has 198 valence electrons. The largest absolute Gasteiger partial charge is 0.460 e. The fourth-order valence-electron chi connectivity index (χ4n) is 5.35. The number of rotatable bonds is 5. The Morgan fingerprint density at radius 3 is 2.61 bits per heavy atom. The van der Waals surface area contributed by atoms with E-state index in [1.807, 2.05) is 20.8 Å². The van der Waals surface area contributed by atoms with Crippen LogP contribution in [-0.2, 0) is 17.7 Å². The number of nitrogens with zero attached hydrogens (tertiary/aromatic N) is 6. The third-order valence-electron chi connectivity index (χ3n) is 7.28. The van der Waals surface area contributed by atoms with Crippen LogP contribution in [0.15, 0.2) is 0 Å². The van der Waals surface area contributed by atoms with Crippen molar-refractivity contribution in [1.82, 2.24) is 25.1 Å². The van der Waals surface area contributed by atoms with Gasteiger partial charge in [0.25, 0.3) is 0 Å². The van der Waals surface area contributed by atoms with Crippen molar-refractivity contribution in [2.45, 2.75) is 89.6 Å². The number of hydrogen-bond donors (Lipinski definition) is 1. The predicted octanol–water partition coefficient (Wildman–Crippen LogP) is 2.71. The predicted molar refractivity (Wildman–Crippen MR) is 137 cm³/mol. The number of nitriles is 1. The van der Waals surface area contributed by atoms with E-state index in [9.17, 15) is 10.1 Å². The average molecular weight is 500 g/mol. The van der Waals surface area contributed by atoms with Gasteiger partial charge in [-0.3, -0.25) is 0 Å². The zero-order valence-corrected chi connectivity index (χ0v) is 22.4. The maximum Gasteiger partial charge on any atom is 0.410 e. The maximum atomic E-state index is 12.8. The Labute approximate surface area is 214 Å². The number of aromatic nitrogens is 2. The summed E-state index contributed by atoms with van der Waals surface area (Å²) in [5, 5.41) is 12.9. The van der Waals surface area contributed by atoms with Gasteiger partial charge in [0.2, 0.25) is 0 Å². The van der Waals surface area contributed by atoms with E-state index in [0.717, 1.165) is 55.7 Å². The topological polar surface area (TPSA) is 107 Å². The molecule has 0 aromatic carbocycles. The third kappa shape index (κ3) is 6.37. The van der Waals surface area contributed by atoms with Crippen molar-refractivity contribution in [1.29, 1.82) is 5.26 Å². The molecule has 0 radical (unpaired) electrons. The monoisotopic (exact) mass is 499 g/mol. The van der Waals surface area contributed by atoms with Crippen molar-refractivity contribution in [3.05, 3.63) is 11.3 Å². The van der Waals surface area contributed by atoms with E-state index in [4.69, 9.17) is 19.4 Å². The summed E-state index contributed by atoms with van der Waals surface area (Å²) in [4.78, 5) is 28.7. The molecule has 1 aromatic rings. The molecule has 10 heteroatoms. The standard InChI is InChI=1S/C26H41N7O3/c1-26(2,3)36-25(34)33-15-14-32(17-19(33)10-12-27)23-21-11-13-28-16-22(21)29-24(30-23)35-20-8-6-18(7-9-20)31(4)5/h18-20,28H,6-11,13-17H2,1-5H3/t18-,19?,20-. The number of carbonyl (C=O) groups is 1. The number of ether oxygens (including phenoxy) is 2. The Kier molecular flexibility index (Phi) is 8.20. The summed E-state index contributed by atoms with van der Waals surface area (Å²) in [6.07, 6.45) is 5.05. The van der Waals surface area contributed by atoms with Crippen LogP contribution in [-0.4, -0.2) is 89.9 Å². The molecule has 4 rings (SSSR count). The maximum absolute atomic E-state index is 12.8. The normalized spacial score (nSPS) is 24.8. The summed E-state index contributed by atoms with van der Waals surface area (Å²) in [5.41, 5.74) is 1.54. The van der Waals surface area contributed by atoms with E-state index in [1.54, 1.807) is 4.90 Å². The van der Waals surface area contributed by atoms with Gasteiger partial charge in [-0.25, -0.2) is 4.79 Å².